The molecule has 2 N–H and O–H groups in total. The number of carbonyl (C=O) groups is 1. The standard InChI is InChI=1S/C12H15NO/c1-8-2-4-10(5-3-8)12(14)11(13)9-6-7-9/h2-5,9,11H,6-7,13H2,1H3. The number of benzene rings is 1. The summed E-state index contributed by atoms with van der Waals surface area (Å²) in [7, 11) is 0. The molecule has 1 fully saturated rings. The molecule has 2 nitrogen and oxygen atoms in total. The van der Waals surface area contributed by atoms with Crippen molar-refractivity contribution >= 4 is 5.78 Å². The van der Waals surface area contributed by atoms with Gasteiger partial charge in [0.1, 0.15) is 0 Å². The fourth-order valence-electron chi connectivity index (χ4n) is 1.58. The van der Waals surface area contributed by atoms with Gasteiger partial charge in [-0.3, -0.25) is 4.79 Å². The molecule has 2 rings (SSSR count). The van der Waals surface area contributed by atoms with Gasteiger partial charge < -0.3 is 5.73 Å². The minimum Gasteiger partial charge on any atom is -0.321 e. The van der Waals surface area contributed by atoms with Crippen molar-refractivity contribution in [2.24, 2.45) is 11.7 Å². The Balaban J connectivity index is 2.13. The van der Waals surface area contributed by atoms with Crippen LogP contribution in [0.25, 0.3) is 0 Å². The lowest BCUT2D eigenvalue weighted by Crippen LogP contribution is -2.32. The van der Waals surface area contributed by atoms with Gasteiger partial charge in [-0.25, -0.2) is 0 Å². The molecule has 1 aromatic rings. The number of hydrogen-bond donors (Lipinski definition) is 1. The van der Waals surface area contributed by atoms with Gasteiger partial charge in [-0.1, -0.05) is 29.8 Å². The van der Waals surface area contributed by atoms with Crippen LogP contribution < -0.4 is 5.73 Å². The SMILES string of the molecule is Cc1ccc(C(=O)C(N)C2CC2)cc1. The molecular formula is C12H15NO. The summed E-state index contributed by atoms with van der Waals surface area (Å²) in [5.74, 6) is 0.524. The second kappa shape index (κ2) is 3.54. The molecule has 0 amide bonds. The van der Waals surface area contributed by atoms with Crippen molar-refractivity contribution in [3.63, 3.8) is 0 Å². The molecule has 74 valence electrons. The number of ketones is 1. The quantitative estimate of drug-likeness (QED) is 0.738. The van der Waals surface area contributed by atoms with Crippen LogP contribution in [0.3, 0.4) is 0 Å². The van der Waals surface area contributed by atoms with E-state index in [0.29, 0.717) is 5.92 Å². The molecule has 0 aromatic heterocycles. The van der Waals surface area contributed by atoms with Crippen LogP contribution in [0.15, 0.2) is 24.3 Å². The Kier molecular flexibility index (Phi) is 2.38. The van der Waals surface area contributed by atoms with Gasteiger partial charge in [0.05, 0.1) is 6.04 Å². The summed E-state index contributed by atoms with van der Waals surface area (Å²) < 4.78 is 0. The lowest BCUT2D eigenvalue weighted by molar-refractivity contribution is 0.0952. The van der Waals surface area contributed by atoms with Gasteiger partial charge in [-0.2, -0.15) is 0 Å². The Morgan fingerprint density at radius 3 is 2.43 bits per heavy atom. The highest BCUT2D eigenvalue weighted by Crippen LogP contribution is 2.32. The normalized spacial score (nSPS) is 17.9. The molecule has 0 heterocycles. The molecule has 0 saturated heterocycles. The van der Waals surface area contributed by atoms with Crippen molar-refractivity contribution in [2.45, 2.75) is 25.8 Å². The highest BCUT2D eigenvalue weighted by Gasteiger charge is 2.33. The predicted molar refractivity (Wildman–Crippen MR) is 56.2 cm³/mol. The van der Waals surface area contributed by atoms with Crippen LogP contribution in [0.2, 0.25) is 0 Å². The van der Waals surface area contributed by atoms with Gasteiger partial charge in [0, 0.05) is 5.56 Å². The maximum Gasteiger partial charge on any atom is 0.179 e. The zero-order chi connectivity index (χ0) is 10.1. The third kappa shape index (κ3) is 1.85. The highest BCUT2D eigenvalue weighted by atomic mass is 16.1. The van der Waals surface area contributed by atoms with Gasteiger partial charge in [0.25, 0.3) is 0 Å². The Labute approximate surface area is 84.1 Å². The van der Waals surface area contributed by atoms with Crippen LogP contribution >= 0.6 is 0 Å². The molecule has 14 heavy (non-hydrogen) atoms. The lowest BCUT2D eigenvalue weighted by atomic mass is 10.0. The number of Topliss-reactive ketones (excluding diaryl/α,β-unsaturated/α-hetero) is 1. The molecule has 0 radical (unpaired) electrons. The van der Waals surface area contributed by atoms with Crippen molar-refractivity contribution < 1.29 is 4.79 Å². The van der Waals surface area contributed by atoms with Gasteiger partial charge in [-0.15, -0.1) is 0 Å². The first-order valence-electron chi connectivity index (χ1n) is 5.05. The summed E-state index contributed by atoms with van der Waals surface area (Å²) in [6.45, 7) is 2.01. The van der Waals surface area contributed by atoms with Crippen molar-refractivity contribution in [1.82, 2.24) is 0 Å². The summed E-state index contributed by atoms with van der Waals surface area (Å²) in [5, 5.41) is 0. The molecule has 2 heteroatoms. The maximum atomic E-state index is 11.8. The zero-order valence-corrected chi connectivity index (χ0v) is 8.36. The molecule has 0 spiro atoms. The van der Waals surface area contributed by atoms with E-state index in [4.69, 9.17) is 5.73 Å². The number of hydrogen-bond acceptors (Lipinski definition) is 2. The largest absolute Gasteiger partial charge is 0.321 e. The topological polar surface area (TPSA) is 43.1 Å². The number of carbonyl (C=O) groups excluding carboxylic acids is 1. The third-order valence-corrected chi connectivity index (χ3v) is 2.77. The second-order valence-corrected chi connectivity index (χ2v) is 4.09. The van der Waals surface area contributed by atoms with Crippen LogP contribution in [0.4, 0.5) is 0 Å². The minimum absolute atomic E-state index is 0.0903. The van der Waals surface area contributed by atoms with E-state index < -0.39 is 0 Å². The monoisotopic (exact) mass is 189 g/mol. The second-order valence-electron chi connectivity index (χ2n) is 4.09. The summed E-state index contributed by atoms with van der Waals surface area (Å²) in [4.78, 5) is 11.8. The van der Waals surface area contributed by atoms with Crippen molar-refractivity contribution in [3.05, 3.63) is 35.4 Å². The van der Waals surface area contributed by atoms with Gasteiger partial charge in [0.15, 0.2) is 5.78 Å². The Morgan fingerprint density at radius 1 is 1.36 bits per heavy atom. The summed E-state index contributed by atoms with van der Waals surface area (Å²) in [6.07, 6.45) is 2.22. The molecule has 1 aliphatic rings. The van der Waals surface area contributed by atoms with Crippen LogP contribution in [-0.4, -0.2) is 11.8 Å². The van der Waals surface area contributed by atoms with E-state index in [0.717, 1.165) is 18.4 Å². The molecular weight excluding hydrogens is 174 g/mol. The average Bonchev–Trinajstić information content (AvgIpc) is 3.00. The van der Waals surface area contributed by atoms with Crippen LogP contribution in [0, 0.1) is 12.8 Å². The number of aryl methyl sites for hydroxylation is 1. The van der Waals surface area contributed by atoms with Crippen molar-refractivity contribution in [2.75, 3.05) is 0 Å². The zero-order valence-electron chi connectivity index (χ0n) is 8.36. The van der Waals surface area contributed by atoms with Crippen LogP contribution in [-0.2, 0) is 0 Å². The first-order chi connectivity index (χ1) is 6.68. The van der Waals surface area contributed by atoms with Gasteiger partial charge in [0.2, 0.25) is 0 Å². The van der Waals surface area contributed by atoms with E-state index in [2.05, 4.69) is 0 Å². The Morgan fingerprint density at radius 2 is 1.93 bits per heavy atom. The van der Waals surface area contributed by atoms with Crippen molar-refractivity contribution in [1.29, 1.82) is 0 Å². The molecule has 0 aliphatic heterocycles. The van der Waals surface area contributed by atoms with Crippen molar-refractivity contribution in [3.8, 4) is 0 Å². The molecule has 1 unspecified atom stereocenters. The highest BCUT2D eigenvalue weighted by molar-refractivity contribution is 6.00. The predicted octanol–water partition coefficient (Wildman–Crippen LogP) is 1.92. The van der Waals surface area contributed by atoms with Crippen LogP contribution in [0.5, 0.6) is 0 Å². The number of rotatable bonds is 3. The molecule has 1 saturated carbocycles. The smallest absolute Gasteiger partial charge is 0.179 e. The van der Waals surface area contributed by atoms with E-state index in [1.54, 1.807) is 0 Å². The van der Waals surface area contributed by atoms with Gasteiger partial charge >= 0.3 is 0 Å². The fraction of sp³-hybridized carbons (Fsp3) is 0.417. The fourth-order valence-corrected chi connectivity index (χ4v) is 1.58. The Hall–Kier alpha value is -1.15. The average molecular weight is 189 g/mol. The molecule has 1 atom stereocenters. The third-order valence-electron chi connectivity index (χ3n) is 2.77. The first-order valence-corrected chi connectivity index (χ1v) is 5.05. The summed E-state index contributed by atoms with van der Waals surface area (Å²) in [5.41, 5.74) is 7.76. The summed E-state index contributed by atoms with van der Waals surface area (Å²) in [6, 6.07) is 7.34. The van der Waals surface area contributed by atoms with Gasteiger partial charge in [-0.05, 0) is 25.7 Å². The van der Waals surface area contributed by atoms with Crippen LogP contribution in [0.1, 0.15) is 28.8 Å². The number of nitrogens with two attached hydrogens (primary N) is 1. The summed E-state index contributed by atoms with van der Waals surface area (Å²) >= 11 is 0. The maximum absolute atomic E-state index is 11.8. The first kappa shape index (κ1) is 9.41. The molecule has 0 bridgehead atoms. The molecule has 1 aromatic carbocycles. The van der Waals surface area contributed by atoms with E-state index in [1.807, 2.05) is 31.2 Å². The Bertz CT molecular complexity index is 338. The van der Waals surface area contributed by atoms with E-state index in [9.17, 15) is 4.79 Å². The minimum atomic E-state index is -0.280. The van der Waals surface area contributed by atoms with E-state index in [1.165, 1.54) is 5.56 Å². The lowest BCUT2D eigenvalue weighted by Gasteiger charge is -2.08. The van der Waals surface area contributed by atoms with E-state index in [-0.39, 0.29) is 11.8 Å². The molecule has 1 aliphatic carbocycles. The van der Waals surface area contributed by atoms with E-state index >= 15 is 0 Å².